The van der Waals surface area contributed by atoms with Crippen LogP contribution in [0.25, 0.3) is 11.0 Å². The number of anilines is 1. The van der Waals surface area contributed by atoms with Crippen LogP contribution in [0.15, 0.2) is 19.9 Å². The van der Waals surface area contributed by atoms with Gasteiger partial charge in [0.1, 0.15) is 5.03 Å². The van der Waals surface area contributed by atoms with Gasteiger partial charge in [-0.2, -0.15) is 10.1 Å². The molecule has 0 bridgehead atoms. The Hall–Kier alpha value is -1.39. The maximum Gasteiger partial charge on any atom is 0.225 e. The molecule has 3 aromatic rings. The molecule has 10 heteroatoms. The molecule has 0 unspecified atom stereocenters. The van der Waals surface area contributed by atoms with Gasteiger partial charge in [0.15, 0.2) is 14.3 Å². The van der Waals surface area contributed by atoms with E-state index >= 15 is 0 Å². The maximum atomic E-state index is 4.51. The van der Waals surface area contributed by atoms with Crippen LogP contribution >= 0.6 is 34.9 Å². The molecular formula is C10H11N7S3. The van der Waals surface area contributed by atoms with Gasteiger partial charge in [-0.05, 0) is 24.9 Å². The molecular weight excluding hydrogens is 314 g/mol. The summed E-state index contributed by atoms with van der Waals surface area (Å²) in [5.74, 6) is 0.585. The van der Waals surface area contributed by atoms with Crippen LogP contribution in [0.4, 0.5) is 5.95 Å². The second-order valence-electron chi connectivity index (χ2n) is 3.66. The minimum Gasteiger partial charge on any atom is -0.354 e. The van der Waals surface area contributed by atoms with Crippen molar-refractivity contribution >= 4 is 51.8 Å². The number of aromatic amines is 1. The topological polar surface area (TPSA) is 92.3 Å². The minimum atomic E-state index is 0.585. The molecule has 7 nitrogen and oxygen atoms in total. The monoisotopic (exact) mass is 325 g/mol. The van der Waals surface area contributed by atoms with Gasteiger partial charge in [0.05, 0.1) is 11.6 Å². The van der Waals surface area contributed by atoms with Crippen LogP contribution in [-0.2, 0) is 0 Å². The fraction of sp³-hybridized carbons (Fsp3) is 0.300. The van der Waals surface area contributed by atoms with Crippen molar-refractivity contribution in [1.29, 1.82) is 0 Å². The van der Waals surface area contributed by atoms with Crippen molar-refractivity contribution in [3.8, 4) is 0 Å². The van der Waals surface area contributed by atoms with E-state index in [1.54, 1.807) is 29.3 Å². The number of hydrogen-bond acceptors (Lipinski definition) is 9. The molecule has 0 fully saturated rings. The van der Waals surface area contributed by atoms with E-state index in [0.717, 1.165) is 25.6 Å². The fourth-order valence-electron chi connectivity index (χ4n) is 1.53. The fourth-order valence-corrected chi connectivity index (χ4v) is 3.97. The first-order valence-corrected chi connectivity index (χ1v) is 8.66. The van der Waals surface area contributed by atoms with Gasteiger partial charge < -0.3 is 5.32 Å². The zero-order chi connectivity index (χ0) is 13.9. The maximum absolute atomic E-state index is 4.51. The lowest BCUT2D eigenvalue weighted by Gasteiger charge is -2.04. The predicted molar refractivity (Wildman–Crippen MR) is 81.7 cm³/mol. The first kappa shape index (κ1) is 13.6. The third-order valence-electron chi connectivity index (χ3n) is 2.36. The van der Waals surface area contributed by atoms with E-state index in [1.807, 2.05) is 13.2 Å². The summed E-state index contributed by atoms with van der Waals surface area (Å²) in [6.07, 6.45) is 3.71. The molecule has 20 heavy (non-hydrogen) atoms. The summed E-state index contributed by atoms with van der Waals surface area (Å²) in [6, 6.07) is 0. The predicted octanol–water partition coefficient (Wildman–Crippen LogP) is 2.51. The number of thioether (sulfide) groups is 1. The number of H-pyrrole nitrogens is 1. The van der Waals surface area contributed by atoms with Crippen LogP contribution in [0.3, 0.4) is 0 Å². The Morgan fingerprint density at radius 1 is 1.30 bits per heavy atom. The van der Waals surface area contributed by atoms with E-state index in [2.05, 4.69) is 35.7 Å². The van der Waals surface area contributed by atoms with Gasteiger partial charge in [-0.15, -0.1) is 10.2 Å². The van der Waals surface area contributed by atoms with Gasteiger partial charge in [-0.25, -0.2) is 4.98 Å². The number of nitrogens with zero attached hydrogens (tertiary/aromatic N) is 5. The van der Waals surface area contributed by atoms with Gasteiger partial charge in [0.2, 0.25) is 5.95 Å². The molecule has 0 aliphatic heterocycles. The molecule has 0 aromatic carbocycles. The number of rotatable bonds is 5. The standard InChI is InChI=1S/C10H11N7S3/c1-3-11-8-13-6-5(4-12-15-6)7(14-8)19-10-17-16-9(18-2)20-10/h4H,3H2,1-2H3,(H2,11,12,13,14,15). The molecule has 0 saturated carbocycles. The second-order valence-corrected chi connectivity index (χ2v) is 6.92. The van der Waals surface area contributed by atoms with E-state index in [4.69, 9.17) is 0 Å². The largest absolute Gasteiger partial charge is 0.354 e. The van der Waals surface area contributed by atoms with Crippen molar-refractivity contribution in [2.24, 2.45) is 0 Å². The third kappa shape index (κ3) is 2.72. The highest BCUT2D eigenvalue weighted by atomic mass is 32.2. The van der Waals surface area contributed by atoms with Crippen molar-refractivity contribution in [3.63, 3.8) is 0 Å². The van der Waals surface area contributed by atoms with E-state index < -0.39 is 0 Å². The molecule has 2 N–H and O–H groups in total. The van der Waals surface area contributed by atoms with Gasteiger partial charge in [-0.3, -0.25) is 5.10 Å². The van der Waals surface area contributed by atoms with Crippen LogP contribution in [-0.4, -0.2) is 43.2 Å². The zero-order valence-corrected chi connectivity index (χ0v) is 13.2. The van der Waals surface area contributed by atoms with Crippen LogP contribution in [0, 0.1) is 0 Å². The van der Waals surface area contributed by atoms with E-state index in [9.17, 15) is 0 Å². The average Bonchev–Trinajstić information content (AvgIpc) is 3.07. The highest BCUT2D eigenvalue weighted by Gasteiger charge is 2.13. The van der Waals surface area contributed by atoms with Gasteiger partial charge in [0.25, 0.3) is 0 Å². The van der Waals surface area contributed by atoms with E-state index in [-0.39, 0.29) is 0 Å². The Labute approximate surface area is 127 Å². The number of fused-ring (bicyclic) bond motifs is 1. The van der Waals surface area contributed by atoms with E-state index in [0.29, 0.717) is 11.6 Å². The first-order valence-electron chi connectivity index (χ1n) is 5.80. The molecule has 0 spiro atoms. The summed E-state index contributed by atoms with van der Waals surface area (Å²) in [4.78, 5) is 8.86. The van der Waals surface area contributed by atoms with Gasteiger partial charge >= 0.3 is 0 Å². The van der Waals surface area contributed by atoms with Crippen LogP contribution in [0.5, 0.6) is 0 Å². The SMILES string of the molecule is CCNc1nc(Sc2nnc(SC)s2)c2cn[nH]c2n1. The quantitative estimate of drug-likeness (QED) is 0.546. The second kappa shape index (κ2) is 5.94. The molecule has 3 heterocycles. The van der Waals surface area contributed by atoms with Crippen molar-refractivity contribution in [1.82, 2.24) is 30.4 Å². The lowest BCUT2D eigenvalue weighted by Crippen LogP contribution is -2.02. The normalized spacial score (nSPS) is 11.1. The summed E-state index contributed by atoms with van der Waals surface area (Å²) in [6.45, 7) is 2.77. The number of hydrogen-bond donors (Lipinski definition) is 2. The average molecular weight is 325 g/mol. The summed E-state index contributed by atoms with van der Waals surface area (Å²) in [7, 11) is 0. The summed E-state index contributed by atoms with van der Waals surface area (Å²) >= 11 is 4.61. The lowest BCUT2D eigenvalue weighted by atomic mass is 10.4. The Balaban J connectivity index is 1.98. The van der Waals surface area contributed by atoms with Gasteiger partial charge in [-0.1, -0.05) is 23.1 Å². The van der Waals surface area contributed by atoms with Crippen molar-refractivity contribution in [2.75, 3.05) is 18.1 Å². The number of aromatic nitrogens is 6. The third-order valence-corrected chi connectivity index (χ3v) is 5.31. The first-order chi connectivity index (χ1) is 9.80. The van der Waals surface area contributed by atoms with Crippen molar-refractivity contribution in [2.45, 2.75) is 20.6 Å². The molecule has 3 rings (SSSR count). The lowest BCUT2D eigenvalue weighted by molar-refractivity contribution is 0.953. The summed E-state index contributed by atoms with van der Waals surface area (Å²) in [5.41, 5.74) is 0.716. The van der Waals surface area contributed by atoms with Crippen LogP contribution < -0.4 is 5.32 Å². The summed E-state index contributed by atoms with van der Waals surface area (Å²) in [5, 5.41) is 19.9. The summed E-state index contributed by atoms with van der Waals surface area (Å²) < 4.78 is 1.80. The molecule has 0 saturated heterocycles. The molecule has 104 valence electrons. The Morgan fingerprint density at radius 3 is 2.90 bits per heavy atom. The molecule has 3 aromatic heterocycles. The van der Waals surface area contributed by atoms with E-state index in [1.165, 1.54) is 11.8 Å². The molecule has 0 amide bonds. The Kier molecular flexibility index (Phi) is 4.03. The number of nitrogens with one attached hydrogen (secondary N) is 2. The van der Waals surface area contributed by atoms with Crippen LogP contribution in [0.2, 0.25) is 0 Å². The molecule has 0 aliphatic rings. The highest BCUT2D eigenvalue weighted by molar-refractivity contribution is 8.03. The van der Waals surface area contributed by atoms with Crippen molar-refractivity contribution in [3.05, 3.63) is 6.20 Å². The van der Waals surface area contributed by atoms with Crippen LogP contribution in [0.1, 0.15) is 6.92 Å². The Bertz CT molecular complexity index is 723. The van der Waals surface area contributed by atoms with Crippen molar-refractivity contribution < 1.29 is 0 Å². The van der Waals surface area contributed by atoms with Gasteiger partial charge in [0, 0.05) is 6.54 Å². The Morgan fingerprint density at radius 2 is 2.15 bits per heavy atom. The smallest absolute Gasteiger partial charge is 0.225 e. The highest BCUT2D eigenvalue weighted by Crippen LogP contribution is 2.35. The zero-order valence-electron chi connectivity index (χ0n) is 10.7. The molecule has 0 atom stereocenters. The molecule has 0 radical (unpaired) electrons. The molecule has 0 aliphatic carbocycles. The minimum absolute atomic E-state index is 0.585.